The molecule has 0 heterocycles. The van der Waals surface area contributed by atoms with Crippen molar-refractivity contribution in [2.75, 3.05) is 0 Å². The number of benzene rings is 1. The molecule has 0 aliphatic heterocycles. The van der Waals surface area contributed by atoms with Gasteiger partial charge >= 0.3 is 0 Å². The second-order valence-corrected chi connectivity index (χ2v) is 2.84. The standard InChI is InChI=1S/C9H6BrN/c10-9(6-7-11)8-4-2-1-3-5-8/h1-6H/b9-6-. The van der Waals surface area contributed by atoms with E-state index in [0.717, 1.165) is 10.0 Å². The molecule has 0 radical (unpaired) electrons. The van der Waals surface area contributed by atoms with E-state index < -0.39 is 0 Å². The van der Waals surface area contributed by atoms with E-state index in [2.05, 4.69) is 15.9 Å². The molecule has 0 amide bonds. The number of rotatable bonds is 1. The van der Waals surface area contributed by atoms with Gasteiger partial charge in [-0.2, -0.15) is 5.26 Å². The molecule has 0 fully saturated rings. The first-order valence-corrected chi connectivity index (χ1v) is 3.94. The van der Waals surface area contributed by atoms with Crippen molar-refractivity contribution >= 4 is 20.4 Å². The summed E-state index contributed by atoms with van der Waals surface area (Å²) in [4.78, 5) is 0. The molecule has 1 rings (SSSR count). The van der Waals surface area contributed by atoms with Crippen molar-refractivity contribution in [2.24, 2.45) is 0 Å². The van der Waals surface area contributed by atoms with E-state index in [1.54, 1.807) is 0 Å². The summed E-state index contributed by atoms with van der Waals surface area (Å²) in [5.74, 6) is 0. The Morgan fingerprint density at radius 1 is 1.36 bits per heavy atom. The van der Waals surface area contributed by atoms with Gasteiger partial charge in [0.15, 0.2) is 0 Å². The van der Waals surface area contributed by atoms with Crippen LogP contribution in [0.4, 0.5) is 0 Å². The lowest BCUT2D eigenvalue weighted by atomic mass is 10.2. The second kappa shape index (κ2) is 3.95. The van der Waals surface area contributed by atoms with E-state index in [-0.39, 0.29) is 0 Å². The Hall–Kier alpha value is -1.07. The number of nitrogens with zero attached hydrogens (tertiary/aromatic N) is 1. The van der Waals surface area contributed by atoms with Gasteiger partial charge < -0.3 is 0 Å². The van der Waals surface area contributed by atoms with Crippen LogP contribution in [0, 0.1) is 11.3 Å². The van der Waals surface area contributed by atoms with E-state index in [1.807, 2.05) is 36.4 Å². The van der Waals surface area contributed by atoms with Gasteiger partial charge in [-0.05, 0) is 21.5 Å². The van der Waals surface area contributed by atoms with Gasteiger partial charge in [-0.1, -0.05) is 30.3 Å². The third-order valence-corrected chi connectivity index (χ3v) is 1.93. The fraction of sp³-hybridized carbons (Fsp3) is 0. The molecule has 0 saturated carbocycles. The molecule has 2 heteroatoms. The number of hydrogen-bond donors (Lipinski definition) is 0. The van der Waals surface area contributed by atoms with E-state index in [1.165, 1.54) is 6.08 Å². The minimum Gasteiger partial charge on any atom is -0.193 e. The lowest BCUT2D eigenvalue weighted by Gasteiger charge is -1.94. The molecule has 0 atom stereocenters. The number of hydrogen-bond acceptors (Lipinski definition) is 1. The Morgan fingerprint density at radius 3 is 2.55 bits per heavy atom. The predicted molar refractivity (Wildman–Crippen MR) is 49.0 cm³/mol. The molecule has 54 valence electrons. The Kier molecular flexibility index (Phi) is 2.88. The molecule has 1 nitrogen and oxygen atoms in total. The van der Waals surface area contributed by atoms with Crippen LogP contribution in [0.1, 0.15) is 5.56 Å². The molecule has 0 aliphatic carbocycles. The first-order valence-electron chi connectivity index (χ1n) is 3.15. The van der Waals surface area contributed by atoms with E-state index in [0.29, 0.717) is 0 Å². The summed E-state index contributed by atoms with van der Waals surface area (Å²) in [6.45, 7) is 0. The maximum absolute atomic E-state index is 8.34. The van der Waals surface area contributed by atoms with Gasteiger partial charge in [0.1, 0.15) is 0 Å². The van der Waals surface area contributed by atoms with Crippen LogP contribution in [0.15, 0.2) is 36.4 Å². The minimum atomic E-state index is 0.820. The topological polar surface area (TPSA) is 23.8 Å². The van der Waals surface area contributed by atoms with Crippen molar-refractivity contribution in [1.82, 2.24) is 0 Å². The van der Waals surface area contributed by atoms with Crippen molar-refractivity contribution in [3.63, 3.8) is 0 Å². The average Bonchev–Trinajstić information content (AvgIpc) is 2.07. The van der Waals surface area contributed by atoms with Crippen LogP contribution in [0.5, 0.6) is 0 Å². The maximum Gasteiger partial charge on any atom is 0.0924 e. The third kappa shape index (κ3) is 2.21. The van der Waals surface area contributed by atoms with Crippen LogP contribution >= 0.6 is 15.9 Å². The lowest BCUT2D eigenvalue weighted by Crippen LogP contribution is -1.72. The largest absolute Gasteiger partial charge is 0.193 e. The quantitative estimate of drug-likeness (QED) is 0.651. The van der Waals surface area contributed by atoms with Crippen molar-refractivity contribution in [2.45, 2.75) is 0 Å². The van der Waals surface area contributed by atoms with Crippen LogP contribution < -0.4 is 0 Å². The van der Waals surface area contributed by atoms with Crippen molar-refractivity contribution in [1.29, 1.82) is 5.26 Å². The van der Waals surface area contributed by atoms with Gasteiger partial charge in [-0.15, -0.1) is 0 Å². The Bertz CT molecular complexity index is 295. The lowest BCUT2D eigenvalue weighted by molar-refractivity contribution is 1.53. The molecule has 0 aromatic heterocycles. The molecule has 11 heavy (non-hydrogen) atoms. The summed E-state index contributed by atoms with van der Waals surface area (Å²) < 4.78 is 0.820. The Morgan fingerprint density at radius 2 is 2.00 bits per heavy atom. The van der Waals surface area contributed by atoms with Crippen molar-refractivity contribution in [3.05, 3.63) is 42.0 Å². The molecular weight excluding hydrogens is 202 g/mol. The summed E-state index contributed by atoms with van der Waals surface area (Å²) >= 11 is 3.28. The van der Waals surface area contributed by atoms with Crippen LogP contribution in [-0.4, -0.2) is 0 Å². The smallest absolute Gasteiger partial charge is 0.0924 e. The molecule has 1 aromatic rings. The SMILES string of the molecule is N#C/C=C(\Br)c1ccccc1. The van der Waals surface area contributed by atoms with Gasteiger partial charge in [0.05, 0.1) is 6.07 Å². The second-order valence-electron chi connectivity index (χ2n) is 1.99. The molecular formula is C9H6BrN. The summed E-state index contributed by atoms with van der Waals surface area (Å²) in [6.07, 6.45) is 1.47. The highest BCUT2D eigenvalue weighted by Crippen LogP contribution is 2.19. The first kappa shape index (κ1) is 8.03. The molecule has 0 saturated heterocycles. The Balaban J connectivity index is 2.96. The van der Waals surface area contributed by atoms with E-state index in [4.69, 9.17) is 5.26 Å². The van der Waals surface area contributed by atoms with Gasteiger partial charge in [0, 0.05) is 10.6 Å². The van der Waals surface area contributed by atoms with Gasteiger partial charge in [0.25, 0.3) is 0 Å². The number of allylic oxidation sites excluding steroid dienone is 1. The van der Waals surface area contributed by atoms with Gasteiger partial charge in [0.2, 0.25) is 0 Å². The predicted octanol–water partition coefficient (Wildman–Crippen LogP) is 2.95. The van der Waals surface area contributed by atoms with Crippen molar-refractivity contribution in [3.8, 4) is 6.07 Å². The van der Waals surface area contributed by atoms with Crippen molar-refractivity contribution < 1.29 is 0 Å². The fourth-order valence-electron chi connectivity index (χ4n) is 0.737. The van der Waals surface area contributed by atoms with E-state index in [9.17, 15) is 0 Å². The van der Waals surface area contributed by atoms with Crippen LogP contribution in [0.3, 0.4) is 0 Å². The molecule has 1 aromatic carbocycles. The zero-order valence-electron chi connectivity index (χ0n) is 5.79. The highest BCUT2D eigenvalue weighted by atomic mass is 79.9. The normalized spacial score (nSPS) is 10.7. The minimum absolute atomic E-state index is 0.820. The van der Waals surface area contributed by atoms with Gasteiger partial charge in [-0.3, -0.25) is 0 Å². The average molecular weight is 208 g/mol. The highest BCUT2D eigenvalue weighted by molar-refractivity contribution is 9.15. The maximum atomic E-state index is 8.34. The molecule has 0 spiro atoms. The summed E-state index contributed by atoms with van der Waals surface area (Å²) in [6, 6.07) is 11.6. The van der Waals surface area contributed by atoms with Crippen LogP contribution in [0.2, 0.25) is 0 Å². The Labute approximate surface area is 74.1 Å². The molecule has 0 bridgehead atoms. The van der Waals surface area contributed by atoms with E-state index >= 15 is 0 Å². The summed E-state index contributed by atoms with van der Waals surface area (Å²) in [7, 11) is 0. The zero-order valence-corrected chi connectivity index (χ0v) is 7.38. The summed E-state index contributed by atoms with van der Waals surface area (Å²) in [5, 5.41) is 8.34. The van der Waals surface area contributed by atoms with Crippen LogP contribution in [0.25, 0.3) is 4.48 Å². The monoisotopic (exact) mass is 207 g/mol. The summed E-state index contributed by atoms with van der Waals surface area (Å²) in [5.41, 5.74) is 1.02. The van der Waals surface area contributed by atoms with Crippen LogP contribution in [-0.2, 0) is 0 Å². The molecule has 0 aliphatic rings. The first-order chi connectivity index (χ1) is 5.34. The third-order valence-electron chi connectivity index (χ3n) is 1.24. The van der Waals surface area contributed by atoms with Gasteiger partial charge in [-0.25, -0.2) is 0 Å². The number of halogens is 1. The number of nitriles is 1. The molecule has 0 unspecified atom stereocenters. The molecule has 0 N–H and O–H groups in total. The highest BCUT2D eigenvalue weighted by Gasteiger charge is 1.92. The zero-order chi connectivity index (χ0) is 8.10. The fourth-order valence-corrected chi connectivity index (χ4v) is 1.10.